The SMILES string of the molecule is [CH2-][O+](c1ccc(CCC(=O)Oc2c(C)c(C)c(OC(=O)CC(C)=O)c(C)c2C/C=C(\C)CC/C=C(\C)CC/C=C(\C)CC/C=C(\C)CC/C=C(\C)CC/C=C(\C)CC/C=C(\C)CC/C=C(\C)CC/C=C(\C)CCC=C(C)C)cc1[CH]=[Ru]([Cl])[Cl])C(C)C. The summed E-state index contributed by atoms with van der Waals surface area (Å²) in [6, 6.07) is 5.94. The molecule has 0 aliphatic carbocycles. The Balaban J connectivity index is 1.88. The second-order valence-electron chi connectivity index (χ2n) is 24.8. The molecule has 0 atom stereocenters. The number of hydrogen-bond donors (Lipinski definition) is 0. The molecule has 478 valence electrons. The normalized spacial score (nSPS) is 13.6. The van der Waals surface area contributed by atoms with Gasteiger partial charge in [0.05, 0.1) is 0 Å². The predicted octanol–water partition coefficient (Wildman–Crippen LogP) is 23.6. The zero-order valence-electron chi connectivity index (χ0n) is 56.5. The van der Waals surface area contributed by atoms with Crippen LogP contribution in [-0.2, 0) is 45.1 Å². The van der Waals surface area contributed by atoms with E-state index in [9.17, 15) is 14.4 Å². The van der Waals surface area contributed by atoms with Gasteiger partial charge in [0, 0.05) is 0 Å². The van der Waals surface area contributed by atoms with E-state index in [1.54, 1.807) is 0 Å². The van der Waals surface area contributed by atoms with Gasteiger partial charge in [0.25, 0.3) is 0 Å². The zero-order chi connectivity index (χ0) is 64.3. The van der Waals surface area contributed by atoms with Gasteiger partial charge in [0.2, 0.25) is 0 Å². The Bertz CT molecular complexity index is 2880. The fourth-order valence-electron chi connectivity index (χ4n) is 10.0. The van der Waals surface area contributed by atoms with E-state index in [0.717, 1.165) is 132 Å². The van der Waals surface area contributed by atoms with Gasteiger partial charge in [-0.3, -0.25) is 9.59 Å². The molecule has 9 heteroatoms. The van der Waals surface area contributed by atoms with E-state index < -0.39 is 19.5 Å². The van der Waals surface area contributed by atoms with Crippen molar-refractivity contribution in [3.8, 4) is 17.2 Å². The van der Waals surface area contributed by atoms with Crippen LogP contribution in [0.2, 0.25) is 0 Å². The van der Waals surface area contributed by atoms with Gasteiger partial charge in [0.1, 0.15) is 12.2 Å². The summed E-state index contributed by atoms with van der Waals surface area (Å²) in [6.45, 7) is 35.7. The predicted molar refractivity (Wildman–Crippen MR) is 370 cm³/mol. The molecule has 0 unspecified atom stereocenters. The van der Waals surface area contributed by atoms with E-state index >= 15 is 0 Å². The van der Waals surface area contributed by atoms with Gasteiger partial charge in [-0.05, 0) is 199 Å². The summed E-state index contributed by atoms with van der Waals surface area (Å²) in [5.41, 5.74) is 19.1. The summed E-state index contributed by atoms with van der Waals surface area (Å²) in [5, 5.41) is 0. The van der Waals surface area contributed by atoms with E-state index in [1.165, 1.54) is 69.1 Å². The third-order valence-corrected chi connectivity index (χ3v) is 17.7. The van der Waals surface area contributed by atoms with Crippen LogP contribution in [0.1, 0.15) is 259 Å². The monoisotopic (exact) mass is 1300 g/mol. The number of aryl methyl sites for hydroxylation is 1. The number of carbonyl (C=O) groups is 3. The molecule has 2 aromatic carbocycles. The van der Waals surface area contributed by atoms with Crippen LogP contribution in [0.4, 0.5) is 0 Å². The Morgan fingerprint density at radius 2 is 0.837 bits per heavy atom. The van der Waals surface area contributed by atoms with Crippen molar-refractivity contribution in [3.63, 3.8) is 0 Å². The number of ketones is 1. The van der Waals surface area contributed by atoms with Crippen molar-refractivity contribution in [2.45, 2.75) is 265 Å². The Morgan fingerprint density at radius 3 is 1.19 bits per heavy atom. The first kappa shape index (κ1) is 77.4. The number of allylic oxidation sites excluding steroid dienone is 20. The van der Waals surface area contributed by atoms with Gasteiger partial charge in [-0.15, -0.1) is 0 Å². The van der Waals surface area contributed by atoms with Crippen LogP contribution in [0.25, 0.3) is 0 Å². The molecule has 0 saturated heterocycles. The van der Waals surface area contributed by atoms with Crippen LogP contribution in [-0.4, -0.2) is 28.4 Å². The van der Waals surface area contributed by atoms with Gasteiger partial charge < -0.3 is 4.74 Å². The summed E-state index contributed by atoms with van der Waals surface area (Å²) < 4.78 is 16.8. The first-order chi connectivity index (χ1) is 40.7. The number of ether oxygens (including phenoxy) is 2. The maximum atomic E-state index is 13.7. The number of benzene rings is 2. The van der Waals surface area contributed by atoms with Gasteiger partial charge in [0.15, 0.2) is 0 Å². The maximum absolute atomic E-state index is 13.7. The standard InChI is InChI=1S/C77H112O6.2ClH.Ru/c1-55(2)29-20-30-57(5)31-21-32-58(6)33-22-34-59(7)35-23-36-60(8)37-24-38-61(9)39-25-40-62(10)41-26-42-63(11)43-27-44-64(12)45-28-46-65(13)47-50-72-70(18)76(82-75(80)54-67(15)78)68(16)69(17)77(72)81-74(79)52-49-71-48-51-73(66(14)53-71)83(19)56(3)4;;;/h14,29,31,33,35,37,39,41,43,45,47-48,51,53,56H,19-28,30,32,34,36,38,40,42,44,46,49-50,52,54H2,1-13,15-18H3;2*1H;/q;;;+2/p-2/b57-31+,58-33+,59-35+,60-37+,61-39+,62-41+,63-43+,64-45+,65-47+;;;. The number of esters is 2. The second-order valence-corrected chi connectivity index (χ2v) is 30.5. The molecule has 0 amide bonds. The first-order valence-corrected chi connectivity index (χ1v) is 37.2. The van der Waals surface area contributed by atoms with Crippen LogP contribution in [0.15, 0.2) is 135 Å². The van der Waals surface area contributed by atoms with Crippen LogP contribution >= 0.6 is 19.4 Å². The molecule has 0 bridgehead atoms. The Morgan fingerprint density at radius 1 is 0.488 bits per heavy atom. The number of halogens is 2. The fourth-order valence-corrected chi connectivity index (χ4v) is 11.8. The summed E-state index contributed by atoms with van der Waals surface area (Å²) in [7, 11) is 16.7. The molecule has 0 aliphatic rings. The van der Waals surface area contributed by atoms with Crippen molar-refractivity contribution in [1.29, 1.82) is 0 Å². The molecule has 0 spiro atoms. The van der Waals surface area contributed by atoms with Crippen LogP contribution in [0.5, 0.6) is 17.2 Å². The molecule has 0 aromatic heterocycles. The van der Waals surface area contributed by atoms with E-state index in [-0.39, 0.29) is 30.7 Å². The molecule has 86 heavy (non-hydrogen) atoms. The van der Waals surface area contributed by atoms with Crippen LogP contribution < -0.4 is 9.47 Å². The Labute approximate surface area is 537 Å². The van der Waals surface area contributed by atoms with E-state index in [2.05, 4.69) is 148 Å². The number of carbonyl (C=O) groups excluding carboxylic acids is 3. The van der Waals surface area contributed by atoms with Crippen molar-refractivity contribution in [2.75, 3.05) is 0 Å². The van der Waals surface area contributed by atoms with Gasteiger partial charge in [-0.25, -0.2) is 0 Å². The molecule has 0 heterocycles. The third-order valence-electron chi connectivity index (χ3n) is 15.9. The van der Waals surface area contributed by atoms with E-state index in [1.807, 2.05) is 57.4 Å². The molecular formula is C77H112Cl2O6Ru. The van der Waals surface area contributed by atoms with Gasteiger partial charge in [-0.1, -0.05) is 110 Å². The van der Waals surface area contributed by atoms with E-state index in [4.69, 9.17) is 28.9 Å². The van der Waals surface area contributed by atoms with Gasteiger partial charge in [-0.2, -0.15) is 0 Å². The quantitative estimate of drug-likeness (QED) is 0.0127. The van der Waals surface area contributed by atoms with Crippen molar-refractivity contribution in [3.05, 3.63) is 175 Å². The van der Waals surface area contributed by atoms with E-state index in [0.29, 0.717) is 41.0 Å². The van der Waals surface area contributed by atoms with Gasteiger partial charge >= 0.3 is 205 Å². The first-order valence-electron chi connectivity index (χ1n) is 31.7. The van der Waals surface area contributed by atoms with Crippen LogP contribution in [0.3, 0.4) is 0 Å². The summed E-state index contributed by atoms with van der Waals surface area (Å²) >= 11 is -2.15. The molecular weight excluding hydrogens is 1190 g/mol. The third kappa shape index (κ3) is 33.6. The molecule has 2 aromatic rings. The number of Topliss-reactive ketones (excluding diaryl/α,β-unsaturated/α-hetero) is 1. The minimum atomic E-state index is -2.15. The van der Waals surface area contributed by atoms with Crippen LogP contribution in [0, 0.1) is 27.9 Å². The second kappa shape index (κ2) is 43.1. The average Bonchev–Trinajstić information content (AvgIpc) is 1.79. The molecule has 0 N–H and O–H groups in total. The zero-order valence-corrected chi connectivity index (χ0v) is 59.7. The number of hydrogen-bond acceptors (Lipinski definition) is 5. The summed E-state index contributed by atoms with van der Waals surface area (Å²) in [6.07, 6.45) is 44.5. The molecule has 0 aliphatic heterocycles. The van der Waals surface area contributed by atoms with Crippen molar-refractivity contribution in [1.82, 2.24) is 0 Å². The number of rotatable bonds is 39. The molecule has 6 nitrogen and oxygen atoms in total. The molecule has 0 radical (unpaired) electrons. The van der Waals surface area contributed by atoms with Crippen molar-refractivity contribution >= 4 is 41.7 Å². The topological polar surface area (TPSA) is 72.4 Å². The minimum absolute atomic E-state index is 0.0873. The molecule has 0 fully saturated rings. The molecule has 0 saturated carbocycles. The fraction of sp³-hybridized carbons (Fsp3) is 0.519. The summed E-state index contributed by atoms with van der Waals surface area (Å²) in [4.78, 5) is 38.3. The molecule has 2 rings (SSSR count). The van der Waals surface area contributed by atoms with Crippen molar-refractivity contribution < 1.29 is 41.7 Å². The Kier molecular flexibility index (Phi) is 38.8. The average molecular weight is 1310 g/mol. The Hall–Kier alpha value is -4.68. The van der Waals surface area contributed by atoms with Crippen molar-refractivity contribution in [2.24, 2.45) is 0 Å². The summed E-state index contributed by atoms with van der Waals surface area (Å²) in [5.74, 6) is 0.457.